The molecule has 12 heavy (non-hydrogen) atoms. The van der Waals surface area contributed by atoms with Crippen molar-refractivity contribution in [3.05, 3.63) is 11.6 Å². The van der Waals surface area contributed by atoms with Gasteiger partial charge in [-0.2, -0.15) is 0 Å². The number of hydrogen-bond donors (Lipinski definition) is 1. The van der Waals surface area contributed by atoms with Crippen molar-refractivity contribution in [3.8, 4) is 0 Å². The zero-order valence-electron chi connectivity index (χ0n) is 7.65. The minimum atomic E-state index is 0.684. The Kier molecular flexibility index (Phi) is 4.06. The lowest BCUT2D eigenvalue weighted by atomic mass is 10.5. The highest BCUT2D eigenvalue weighted by atomic mass is 35.5. The fraction of sp³-hybridized carbons (Fsp3) is 0.778. The van der Waals surface area contributed by atoms with Crippen LogP contribution in [0, 0.1) is 0 Å². The Labute approximate surface area is 79.6 Å². The Balaban J connectivity index is 1.90. The van der Waals surface area contributed by atoms with Crippen LogP contribution < -0.4 is 5.32 Å². The van der Waals surface area contributed by atoms with E-state index in [1.54, 1.807) is 0 Å². The summed E-state index contributed by atoms with van der Waals surface area (Å²) in [5.41, 5.74) is 0. The molecule has 0 aromatic heterocycles. The molecule has 0 spiro atoms. The fourth-order valence-electron chi connectivity index (χ4n) is 1.18. The highest BCUT2D eigenvalue weighted by molar-refractivity contribution is 6.29. The first-order chi connectivity index (χ1) is 5.70. The van der Waals surface area contributed by atoms with Crippen molar-refractivity contribution < 1.29 is 0 Å². The van der Waals surface area contributed by atoms with Crippen LogP contribution in [0.4, 0.5) is 0 Å². The lowest BCUT2D eigenvalue weighted by Gasteiger charge is -2.15. The van der Waals surface area contributed by atoms with Crippen molar-refractivity contribution >= 4 is 11.6 Å². The Morgan fingerprint density at radius 3 is 2.83 bits per heavy atom. The minimum Gasteiger partial charge on any atom is -0.311 e. The number of halogens is 1. The molecule has 2 nitrogen and oxygen atoms in total. The van der Waals surface area contributed by atoms with Gasteiger partial charge in [-0.25, -0.2) is 0 Å². The van der Waals surface area contributed by atoms with Crippen molar-refractivity contribution in [2.75, 3.05) is 26.7 Å². The number of nitrogens with zero attached hydrogens (tertiary/aromatic N) is 1. The molecule has 1 saturated carbocycles. The summed E-state index contributed by atoms with van der Waals surface area (Å²) in [5.74, 6) is 0. The van der Waals surface area contributed by atoms with E-state index in [9.17, 15) is 0 Å². The third-order valence-electron chi connectivity index (χ3n) is 2.13. The molecule has 1 N–H and O–H groups in total. The molecule has 70 valence electrons. The number of rotatable bonds is 6. The predicted octanol–water partition coefficient (Wildman–Crippen LogP) is 1.42. The van der Waals surface area contributed by atoms with E-state index in [-0.39, 0.29) is 0 Å². The Morgan fingerprint density at radius 1 is 1.67 bits per heavy atom. The Bertz CT molecular complexity index is 155. The van der Waals surface area contributed by atoms with Crippen LogP contribution in [-0.4, -0.2) is 37.6 Å². The van der Waals surface area contributed by atoms with Gasteiger partial charge in [0.25, 0.3) is 0 Å². The third kappa shape index (κ3) is 4.10. The van der Waals surface area contributed by atoms with Crippen LogP contribution in [0.1, 0.15) is 12.8 Å². The molecular formula is C9H17ClN2. The molecule has 0 bridgehead atoms. The molecular weight excluding hydrogens is 172 g/mol. The average molecular weight is 189 g/mol. The number of hydrogen-bond acceptors (Lipinski definition) is 2. The quantitative estimate of drug-likeness (QED) is 0.635. The van der Waals surface area contributed by atoms with Crippen LogP contribution in [0.15, 0.2) is 11.6 Å². The zero-order chi connectivity index (χ0) is 8.97. The van der Waals surface area contributed by atoms with Gasteiger partial charge in [-0.1, -0.05) is 18.2 Å². The van der Waals surface area contributed by atoms with Crippen LogP contribution in [0.5, 0.6) is 0 Å². The first-order valence-corrected chi connectivity index (χ1v) is 4.82. The van der Waals surface area contributed by atoms with Gasteiger partial charge in [0.05, 0.1) is 0 Å². The molecule has 0 heterocycles. The largest absolute Gasteiger partial charge is 0.311 e. The van der Waals surface area contributed by atoms with Crippen LogP contribution in [0.3, 0.4) is 0 Å². The normalized spacial score (nSPS) is 16.9. The maximum absolute atomic E-state index is 5.60. The van der Waals surface area contributed by atoms with Gasteiger partial charge in [0.2, 0.25) is 0 Å². The van der Waals surface area contributed by atoms with Crippen LogP contribution in [0.2, 0.25) is 0 Å². The minimum absolute atomic E-state index is 0.684. The zero-order valence-corrected chi connectivity index (χ0v) is 8.40. The summed E-state index contributed by atoms with van der Waals surface area (Å²) >= 11 is 5.60. The van der Waals surface area contributed by atoms with Gasteiger partial charge >= 0.3 is 0 Å². The predicted molar refractivity (Wildman–Crippen MR) is 53.5 cm³/mol. The SMILES string of the molecule is C=C(Cl)CNCCN(C)C1CC1. The monoisotopic (exact) mass is 188 g/mol. The van der Waals surface area contributed by atoms with Gasteiger partial charge in [-0.15, -0.1) is 0 Å². The second-order valence-corrected chi connectivity index (χ2v) is 3.94. The molecule has 1 rings (SSSR count). The van der Waals surface area contributed by atoms with Gasteiger partial charge in [-0.3, -0.25) is 0 Å². The fourth-order valence-corrected chi connectivity index (χ4v) is 1.27. The second-order valence-electron chi connectivity index (χ2n) is 3.41. The van der Waals surface area contributed by atoms with Crippen LogP contribution >= 0.6 is 11.6 Å². The highest BCUT2D eigenvalue weighted by Crippen LogP contribution is 2.24. The smallest absolute Gasteiger partial charge is 0.0307 e. The van der Waals surface area contributed by atoms with E-state index < -0.39 is 0 Å². The molecule has 3 heteroatoms. The van der Waals surface area contributed by atoms with Crippen LogP contribution in [-0.2, 0) is 0 Å². The molecule has 1 fully saturated rings. The standard InChI is InChI=1S/C9H17ClN2/c1-8(10)7-11-5-6-12(2)9-3-4-9/h9,11H,1,3-7H2,2H3. The van der Waals surface area contributed by atoms with Gasteiger partial charge in [-0.05, 0) is 19.9 Å². The topological polar surface area (TPSA) is 15.3 Å². The molecule has 0 unspecified atom stereocenters. The van der Waals surface area contributed by atoms with Crippen LogP contribution in [0.25, 0.3) is 0 Å². The Morgan fingerprint density at radius 2 is 2.33 bits per heavy atom. The number of likely N-dealkylation sites (N-methyl/N-ethyl adjacent to an activating group) is 1. The summed E-state index contributed by atoms with van der Waals surface area (Å²) in [4.78, 5) is 2.39. The first kappa shape index (κ1) is 10.0. The van der Waals surface area contributed by atoms with E-state index in [0.29, 0.717) is 5.03 Å². The summed E-state index contributed by atoms with van der Waals surface area (Å²) in [6.07, 6.45) is 2.75. The van der Waals surface area contributed by atoms with E-state index in [1.165, 1.54) is 12.8 Å². The van der Waals surface area contributed by atoms with Gasteiger partial charge < -0.3 is 10.2 Å². The Hall–Kier alpha value is -0.0500. The molecule has 0 aliphatic heterocycles. The number of nitrogens with one attached hydrogen (secondary N) is 1. The van der Waals surface area contributed by atoms with Crippen molar-refractivity contribution in [2.45, 2.75) is 18.9 Å². The maximum atomic E-state index is 5.60. The molecule has 0 aromatic rings. The molecule has 1 aliphatic carbocycles. The van der Waals surface area contributed by atoms with Gasteiger partial charge in [0.1, 0.15) is 0 Å². The van der Waals surface area contributed by atoms with Gasteiger partial charge in [0.15, 0.2) is 0 Å². The summed E-state index contributed by atoms with van der Waals surface area (Å²) in [6, 6.07) is 0.853. The molecule has 0 atom stereocenters. The lowest BCUT2D eigenvalue weighted by molar-refractivity contribution is 0.324. The van der Waals surface area contributed by atoms with E-state index in [1.807, 2.05) is 0 Å². The van der Waals surface area contributed by atoms with E-state index >= 15 is 0 Å². The van der Waals surface area contributed by atoms with E-state index in [2.05, 4.69) is 23.8 Å². The summed E-state index contributed by atoms with van der Waals surface area (Å²) < 4.78 is 0. The second kappa shape index (κ2) is 4.85. The summed E-state index contributed by atoms with van der Waals surface area (Å²) in [6.45, 7) is 6.44. The van der Waals surface area contributed by atoms with E-state index in [0.717, 1.165) is 25.7 Å². The molecule has 0 amide bonds. The lowest BCUT2D eigenvalue weighted by Crippen LogP contribution is -2.31. The summed E-state index contributed by atoms with van der Waals surface area (Å²) in [7, 11) is 2.18. The summed E-state index contributed by atoms with van der Waals surface area (Å²) in [5, 5.41) is 3.91. The average Bonchev–Trinajstić information content (AvgIpc) is 2.79. The highest BCUT2D eigenvalue weighted by Gasteiger charge is 2.25. The first-order valence-electron chi connectivity index (χ1n) is 4.44. The third-order valence-corrected chi connectivity index (χ3v) is 2.26. The molecule has 0 saturated heterocycles. The van der Waals surface area contributed by atoms with Crippen molar-refractivity contribution in [1.29, 1.82) is 0 Å². The maximum Gasteiger partial charge on any atom is 0.0307 e. The van der Waals surface area contributed by atoms with Crippen molar-refractivity contribution in [1.82, 2.24) is 10.2 Å². The van der Waals surface area contributed by atoms with Crippen molar-refractivity contribution in [2.24, 2.45) is 0 Å². The van der Waals surface area contributed by atoms with Gasteiger partial charge in [0, 0.05) is 30.7 Å². The van der Waals surface area contributed by atoms with Crippen molar-refractivity contribution in [3.63, 3.8) is 0 Å². The van der Waals surface area contributed by atoms with E-state index in [4.69, 9.17) is 11.6 Å². The molecule has 1 aliphatic rings. The molecule has 0 radical (unpaired) electrons. The molecule has 0 aromatic carbocycles.